The second kappa shape index (κ2) is 22.9. The molecule has 0 radical (unpaired) electrons. The van der Waals surface area contributed by atoms with Crippen LogP contribution in [0.2, 0.25) is 25.7 Å². The molecule has 0 saturated carbocycles. The van der Waals surface area contributed by atoms with E-state index in [2.05, 4.69) is 35.6 Å². The van der Waals surface area contributed by atoms with Gasteiger partial charge in [-0.25, -0.2) is 24.2 Å². The van der Waals surface area contributed by atoms with E-state index in [4.69, 9.17) is 33.4 Å². The van der Waals surface area contributed by atoms with Crippen LogP contribution < -0.4 is 30.2 Å². The van der Waals surface area contributed by atoms with Crippen molar-refractivity contribution in [3.63, 3.8) is 0 Å². The summed E-state index contributed by atoms with van der Waals surface area (Å²) in [5.74, 6) is -2.33. The van der Waals surface area contributed by atoms with Crippen molar-refractivity contribution in [2.24, 2.45) is 0 Å². The second-order valence-electron chi connectivity index (χ2n) is 19.1. The van der Waals surface area contributed by atoms with Crippen molar-refractivity contribution < 1.29 is 57.5 Å². The van der Waals surface area contributed by atoms with Crippen LogP contribution in [-0.4, -0.2) is 104 Å². The lowest BCUT2D eigenvalue weighted by molar-refractivity contribution is -0.166. The van der Waals surface area contributed by atoms with Crippen LogP contribution in [0.3, 0.4) is 0 Å². The lowest BCUT2D eigenvalue weighted by Gasteiger charge is -2.31. The fraction of sp³-hybridized carbons (Fsp3) is 0.385. The first-order chi connectivity index (χ1) is 32.8. The Kier molecular flexibility index (Phi) is 17.0. The van der Waals surface area contributed by atoms with Gasteiger partial charge in [0, 0.05) is 57.0 Å². The van der Waals surface area contributed by atoms with Gasteiger partial charge in [0.2, 0.25) is 0 Å². The molecule has 1 fully saturated rings. The van der Waals surface area contributed by atoms with Gasteiger partial charge < -0.3 is 44.2 Å². The number of aromatic nitrogens is 1. The third-order valence-corrected chi connectivity index (χ3v) is 12.8. The Morgan fingerprint density at radius 1 is 0.826 bits per heavy atom. The first-order valence-electron chi connectivity index (χ1n) is 22.9. The molecule has 17 heteroatoms. The number of hydrogen-bond acceptors (Lipinski definition) is 13. The largest absolute Gasteiger partial charge is 0.497 e. The van der Waals surface area contributed by atoms with E-state index in [0.29, 0.717) is 39.4 Å². The summed E-state index contributed by atoms with van der Waals surface area (Å²) < 4.78 is 34.8. The zero-order chi connectivity index (χ0) is 49.8. The number of rotatable bonds is 21. The number of amides is 2. The van der Waals surface area contributed by atoms with Gasteiger partial charge in [0.25, 0.3) is 5.91 Å². The van der Waals surface area contributed by atoms with Crippen LogP contribution in [0.25, 0.3) is 22.2 Å². The quantitative estimate of drug-likeness (QED) is 0.0243. The molecule has 2 amide bonds. The van der Waals surface area contributed by atoms with Crippen molar-refractivity contribution >= 4 is 48.9 Å². The molecule has 4 aromatic carbocycles. The van der Waals surface area contributed by atoms with Crippen molar-refractivity contribution in [3.05, 3.63) is 120 Å². The van der Waals surface area contributed by atoms with Gasteiger partial charge in [0.15, 0.2) is 5.54 Å². The standard InChI is InChI=1S/C52H62N4O12Si/c1-51(2,3)68-49(61)52(31-39(32-53-52)67-45-30-42(36-18-12-9-13-19-36)54-43-29-37(63-4)21-22-40(43)45)48(60)55-41(46(57)58)23-24-64-38-20-14-17-35(27-38)28-44(47(59)65-25-26-69(5,6)7)56-50(62)66-33-34-15-10-8-11-16-34/h8-22,27,29-30,39,41,44,53H,23-26,28,31-33H2,1-7H3,(H,55,60)(H,56,62)(H,57,58)/t39-,41+,44+,52+/m1/s1. The molecule has 4 N–H and O–H groups in total. The third kappa shape index (κ3) is 14.8. The minimum Gasteiger partial charge on any atom is -0.497 e. The van der Waals surface area contributed by atoms with E-state index in [1.165, 1.54) is 0 Å². The average Bonchev–Trinajstić information content (AvgIpc) is 3.75. The Bertz CT molecular complexity index is 2580. The second-order valence-corrected chi connectivity index (χ2v) is 24.7. The number of carboxylic acids is 1. The molecule has 1 aliphatic rings. The molecule has 0 aliphatic carbocycles. The van der Waals surface area contributed by atoms with Crippen molar-refractivity contribution in [3.8, 4) is 28.5 Å². The van der Waals surface area contributed by atoms with Gasteiger partial charge in [0.05, 0.1) is 31.5 Å². The van der Waals surface area contributed by atoms with E-state index in [0.717, 1.165) is 17.2 Å². The van der Waals surface area contributed by atoms with Crippen molar-refractivity contribution in [1.29, 1.82) is 0 Å². The molecule has 1 aromatic heterocycles. The molecule has 0 spiro atoms. The molecule has 0 bridgehead atoms. The highest BCUT2D eigenvalue weighted by Crippen LogP contribution is 2.35. The maximum atomic E-state index is 14.3. The maximum Gasteiger partial charge on any atom is 0.408 e. The molecule has 1 saturated heterocycles. The van der Waals surface area contributed by atoms with Gasteiger partial charge >= 0.3 is 24.0 Å². The highest BCUT2D eigenvalue weighted by atomic mass is 28.3. The molecule has 6 rings (SSSR count). The summed E-state index contributed by atoms with van der Waals surface area (Å²) in [6.45, 7) is 11.6. The normalized spacial score (nSPS) is 16.7. The topological polar surface area (TPSA) is 210 Å². The highest BCUT2D eigenvalue weighted by molar-refractivity contribution is 6.76. The van der Waals surface area contributed by atoms with E-state index in [1.54, 1.807) is 70.3 Å². The van der Waals surface area contributed by atoms with Gasteiger partial charge in [-0.3, -0.25) is 10.1 Å². The number of ether oxygens (including phenoxy) is 6. The summed E-state index contributed by atoms with van der Waals surface area (Å²) in [5.41, 5.74) is 0.493. The molecule has 16 nitrogen and oxygen atoms in total. The third-order valence-electron chi connectivity index (χ3n) is 11.1. The maximum absolute atomic E-state index is 14.3. The fourth-order valence-corrected chi connectivity index (χ4v) is 8.19. The summed E-state index contributed by atoms with van der Waals surface area (Å²) in [7, 11) is 0.0449. The zero-order valence-electron chi connectivity index (χ0n) is 40.2. The van der Waals surface area contributed by atoms with Gasteiger partial charge in [-0.2, -0.15) is 0 Å². The average molecular weight is 963 g/mol. The molecular formula is C52H62N4O12Si. The van der Waals surface area contributed by atoms with E-state index in [-0.39, 0.29) is 45.6 Å². The van der Waals surface area contributed by atoms with Crippen LogP contribution >= 0.6 is 0 Å². The number of fused-ring (bicyclic) bond motifs is 1. The summed E-state index contributed by atoms with van der Waals surface area (Å²) in [4.78, 5) is 72.1. The summed E-state index contributed by atoms with van der Waals surface area (Å²) in [6, 6.07) is 30.9. The minimum atomic E-state index is -2.01. The van der Waals surface area contributed by atoms with Crippen molar-refractivity contribution in [1.82, 2.24) is 20.9 Å². The smallest absolute Gasteiger partial charge is 0.408 e. The first kappa shape index (κ1) is 51.4. The number of carboxylic acid groups (broad SMARTS) is 1. The number of esters is 2. The number of benzene rings is 4. The van der Waals surface area contributed by atoms with E-state index in [9.17, 15) is 29.1 Å². The van der Waals surface area contributed by atoms with Gasteiger partial charge in [0.1, 0.15) is 47.6 Å². The lowest BCUT2D eigenvalue weighted by atomic mass is 9.94. The van der Waals surface area contributed by atoms with Crippen LogP contribution in [-0.2, 0) is 46.4 Å². The molecule has 366 valence electrons. The molecule has 69 heavy (non-hydrogen) atoms. The predicted molar refractivity (Wildman–Crippen MR) is 262 cm³/mol. The minimum absolute atomic E-state index is 0.00941. The Morgan fingerprint density at radius 3 is 2.22 bits per heavy atom. The van der Waals surface area contributed by atoms with E-state index < -0.39 is 67.3 Å². The number of methoxy groups -OCH3 is 1. The molecule has 0 unspecified atom stereocenters. The summed E-state index contributed by atoms with van der Waals surface area (Å²) in [5, 5.41) is 19.2. The van der Waals surface area contributed by atoms with Crippen LogP contribution in [0.15, 0.2) is 109 Å². The fourth-order valence-electron chi connectivity index (χ4n) is 7.47. The predicted octanol–water partition coefficient (Wildman–Crippen LogP) is 7.49. The number of pyridine rings is 1. The van der Waals surface area contributed by atoms with Crippen molar-refractivity contribution in [2.75, 3.05) is 26.9 Å². The van der Waals surface area contributed by atoms with E-state index >= 15 is 0 Å². The molecule has 4 atom stereocenters. The summed E-state index contributed by atoms with van der Waals surface area (Å²) in [6.07, 6.45) is -1.85. The van der Waals surface area contributed by atoms with Gasteiger partial charge in [-0.15, -0.1) is 0 Å². The number of carbonyl (C=O) groups excluding carboxylic acids is 4. The first-order valence-corrected chi connectivity index (χ1v) is 26.6. The number of alkyl carbamates (subject to hydrolysis) is 1. The number of hydrogen-bond donors (Lipinski definition) is 4. The molecule has 2 heterocycles. The Morgan fingerprint density at radius 2 is 1.54 bits per heavy atom. The zero-order valence-corrected chi connectivity index (χ0v) is 41.2. The molecule has 5 aromatic rings. The molecular weight excluding hydrogens is 901 g/mol. The lowest BCUT2D eigenvalue weighted by Crippen LogP contribution is -2.63. The number of nitrogens with one attached hydrogen (secondary N) is 3. The van der Waals surface area contributed by atoms with Crippen LogP contribution in [0, 0.1) is 0 Å². The monoisotopic (exact) mass is 962 g/mol. The number of nitrogens with zero attached hydrogens (tertiary/aromatic N) is 1. The van der Waals surface area contributed by atoms with Crippen molar-refractivity contribution in [2.45, 2.75) is 102 Å². The van der Waals surface area contributed by atoms with Crippen LogP contribution in [0.4, 0.5) is 4.79 Å². The van der Waals surface area contributed by atoms with Crippen LogP contribution in [0.5, 0.6) is 17.2 Å². The Balaban J connectivity index is 1.13. The Hall–Kier alpha value is -6.98. The van der Waals surface area contributed by atoms with Gasteiger partial charge in [-0.1, -0.05) is 92.4 Å². The van der Waals surface area contributed by atoms with Gasteiger partial charge in [-0.05, 0) is 62.2 Å². The number of aliphatic carboxylic acids is 1. The highest BCUT2D eigenvalue weighted by Gasteiger charge is 2.55. The van der Waals surface area contributed by atoms with E-state index in [1.807, 2.05) is 66.7 Å². The Labute approximate surface area is 403 Å². The van der Waals surface area contributed by atoms with Crippen LogP contribution in [0.1, 0.15) is 44.7 Å². The summed E-state index contributed by atoms with van der Waals surface area (Å²) >= 11 is 0. The number of carbonyl (C=O) groups is 5. The SMILES string of the molecule is COc1ccc2c(O[C@H]3CN[C@@](C(=O)N[C@@H](CCOc4cccc(C[C@H](NC(=O)OCc5ccccc5)C(=O)OCC[Si](C)(C)C)c4)C(=O)O)(C(=O)OC(C)(C)C)C3)cc(-c3ccccc3)nc2c1. The molecule has 1 aliphatic heterocycles.